The van der Waals surface area contributed by atoms with E-state index in [1.54, 1.807) is 0 Å². The van der Waals surface area contributed by atoms with Crippen LogP contribution < -0.4 is 10.1 Å². The van der Waals surface area contributed by atoms with E-state index < -0.39 is 5.54 Å². The van der Waals surface area contributed by atoms with Crippen LogP contribution in [0.1, 0.15) is 93.5 Å². The summed E-state index contributed by atoms with van der Waals surface area (Å²) in [6.45, 7) is 5.32. The van der Waals surface area contributed by atoms with Gasteiger partial charge in [-0.2, -0.15) is 0 Å². The monoisotopic (exact) mass is 600 g/mol. The van der Waals surface area contributed by atoms with Gasteiger partial charge in [-0.25, -0.2) is 4.79 Å². The molecular formula is C37H45ClN2O3. The molecule has 1 fully saturated rings. The zero-order valence-electron chi connectivity index (χ0n) is 25.8. The number of benzene rings is 2. The van der Waals surface area contributed by atoms with Crippen molar-refractivity contribution in [2.24, 2.45) is 11.8 Å². The molecule has 43 heavy (non-hydrogen) atoms. The van der Waals surface area contributed by atoms with Gasteiger partial charge < -0.3 is 14.8 Å². The number of nitrogens with zero attached hydrogens (tertiary/aromatic N) is 1. The maximum absolute atomic E-state index is 13.3. The molecule has 1 heterocycles. The van der Waals surface area contributed by atoms with Crippen molar-refractivity contribution in [3.05, 3.63) is 88.2 Å². The summed E-state index contributed by atoms with van der Waals surface area (Å²) in [6, 6.07) is 18.7. The molecule has 1 spiro atoms. The highest BCUT2D eigenvalue weighted by Gasteiger charge is 2.54. The number of hydrogen-bond donors (Lipinski definition) is 1. The smallest absolute Gasteiger partial charge is 0.331 e. The fourth-order valence-electron chi connectivity index (χ4n) is 8.50. The second kappa shape index (κ2) is 12.5. The molecule has 0 aliphatic heterocycles. The lowest BCUT2D eigenvalue weighted by atomic mass is 9.59. The molecule has 0 saturated heterocycles. The molecule has 0 amide bonds. The minimum Gasteiger partial charge on any atom is -0.493 e. The third-order valence-corrected chi connectivity index (χ3v) is 10.9. The van der Waals surface area contributed by atoms with Crippen molar-refractivity contribution in [3.63, 3.8) is 0 Å². The first-order valence-corrected chi connectivity index (χ1v) is 16.6. The quantitative estimate of drug-likeness (QED) is 0.249. The second-order valence-corrected chi connectivity index (χ2v) is 13.7. The van der Waals surface area contributed by atoms with Gasteiger partial charge in [-0.05, 0) is 123 Å². The number of carbonyl (C=O) groups excluding carboxylic acids is 1. The maximum Gasteiger partial charge on any atom is 0.331 e. The lowest BCUT2D eigenvalue weighted by molar-refractivity contribution is -0.148. The van der Waals surface area contributed by atoms with Gasteiger partial charge in [0.15, 0.2) is 0 Å². The van der Waals surface area contributed by atoms with E-state index >= 15 is 0 Å². The zero-order chi connectivity index (χ0) is 30.0. The van der Waals surface area contributed by atoms with Crippen molar-refractivity contribution in [3.8, 4) is 5.75 Å². The van der Waals surface area contributed by atoms with Crippen molar-refractivity contribution in [2.75, 3.05) is 19.0 Å². The molecule has 1 saturated carbocycles. The Balaban J connectivity index is 1.20. The molecule has 3 aliphatic rings. The summed E-state index contributed by atoms with van der Waals surface area (Å²) in [5.74, 6) is 2.30. The van der Waals surface area contributed by atoms with Crippen LogP contribution in [-0.4, -0.2) is 30.2 Å². The summed E-state index contributed by atoms with van der Waals surface area (Å²) in [5, 5.41) is 4.21. The minimum atomic E-state index is -0.766. The van der Waals surface area contributed by atoms with Crippen molar-refractivity contribution in [1.29, 1.82) is 0 Å². The molecule has 1 N–H and O–H groups in total. The normalized spacial score (nSPS) is 26.8. The third kappa shape index (κ3) is 5.78. The molecule has 3 aromatic rings. The highest BCUT2D eigenvalue weighted by Crippen LogP contribution is 2.56. The van der Waals surface area contributed by atoms with Crippen LogP contribution in [-0.2, 0) is 27.8 Å². The van der Waals surface area contributed by atoms with Gasteiger partial charge >= 0.3 is 5.97 Å². The second-order valence-electron chi connectivity index (χ2n) is 13.2. The number of halogens is 1. The first-order chi connectivity index (χ1) is 20.9. The molecule has 1 aromatic heterocycles. The van der Waals surface area contributed by atoms with E-state index in [-0.39, 0.29) is 11.4 Å². The van der Waals surface area contributed by atoms with Crippen molar-refractivity contribution < 1.29 is 14.3 Å². The van der Waals surface area contributed by atoms with Crippen LogP contribution in [0.4, 0.5) is 5.69 Å². The number of esters is 1. The number of nitrogens with one attached hydrogen (secondary N) is 1. The van der Waals surface area contributed by atoms with Crippen molar-refractivity contribution >= 4 is 23.3 Å². The van der Waals surface area contributed by atoms with Gasteiger partial charge in [-0.3, -0.25) is 4.98 Å². The van der Waals surface area contributed by atoms with E-state index in [4.69, 9.17) is 26.1 Å². The Labute approximate surface area is 261 Å². The van der Waals surface area contributed by atoms with Gasteiger partial charge in [0.05, 0.1) is 13.7 Å². The molecular weight excluding hydrogens is 556 g/mol. The van der Waals surface area contributed by atoms with Gasteiger partial charge in [0.25, 0.3) is 0 Å². The van der Waals surface area contributed by atoms with Crippen LogP contribution in [0.2, 0.25) is 5.02 Å². The number of aryl methyl sites for hydroxylation is 1. The highest BCUT2D eigenvalue weighted by molar-refractivity contribution is 6.30. The van der Waals surface area contributed by atoms with Gasteiger partial charge in [-0.15, -0.1) is 0 Å². The fourth-order valence-corrected chi connectivity index (χ4v) is 8.70. The molecule has 0 bridgehead atoms. The maximum atomic E-state index is 13.3. The summed E-state index contributed by atoms with van der Waals surface area (Å²) in [7, 11) is 1.49. The molecule has 0 radical (unpaired) electrons. The predicted molar refractivity (Wildman–Crippen MR) is 173 cm³/mol. The molecule has 1 unspecified atom stereocenters. The summed E-state index contributed by atoms with van der Waals surface area (Å²) in [6.07, 6.45) is 12.0. The van der Waals surface area contributed by atoms with Crippen LogP contribution in [0.3, 0.4) is 0 Å². The molecule has 6 rings (SSSR count). The first-order valence-electron chi connectivity index (χ1n) is 16.2. The Bertz CT molecular complexity index is 1450. The lowest BCUT2D eigenvalue weighted by Crippen LogP contribution is -2.53. The number of anilines is 1. The SMILES string of the molecule is CC[C@H]1CCCc2nccc(OC[C@H](C)CC3Cc4ccccc4C34CCC(Nc3cccc(Cl)c3)(C(=O)OC)CC4)c21. The summed E-state index contributed by atoms with van der Waals surface area (Å²) >= 11 is 6.29. The largest absolute Gasteiger partial charge is 0.493 e. The van der Waals surface area contributed by atoms with Gasteiger partial charge in [-0.1, -0.05) is 55.8 Å². The summed E-state index contributed by atoms with van der Waals surface area (Å²) < 4.78 is 12.0. The number of methoxy groups -OCH3 is 1. The average molecular weight is 601 g/mol. The van der Waals surface area contributed by atoms with Crippen LogP contribution in [0.5, 0.6) is 5.75 Å². The minimum absolute atomic E-state index is 0.0432. The fraction of sp³-hybridized carbons (Fsp3) is 0.514. The average Bonchev–Trinajstić information content (AvgIpc) is 3.32. The van der Waals surface area contributed by atoms with Crippen LogP contribution in [0.15, 0.2) is 60.8 Å². The Kier molecular flexibility index (Phi) is 8.73. The van der Waals surface area contributed by atoms with Gasteiger partial charge in [0.2, 0.25) is 0 Å². The van der Waals surface area contributed by atoms with Crippen molar-refractivity contribution in [1.82, 2.24) is 4.98 Å². The highest BCUT2D eigenvalue weighted by atomic mass is 35.5. The molecule has 6 heteroatoms. The number of carbonyl (C=O) groups is 1. The van der Waals surface area contributed by atoms with Gasteiger partial charge in [0.1, 0.15) is 11.3 Å². The Morgan fingerprint density at radius 2 is 1.93 bits per heavy atom. The van der Waals surface area contributed by atoms with E-state index in [0.29, 0.717) is 42.2 Å². The topological polar surface area (TPSA) is 60.5 Å². The Hall–Kier alpha value is -3.05. The number of fused-ring (bicyclic) bond motifs is 3. The number of pyridine rings is 1. The van der Waals surface area contributed by atoms with Crippen LogP contribution >= 0.6 is 11.6 Å². The zero-order valence-corrected chi connectivity index (χ0v) is 26.6. The number of hydrogen-bond acceptors (Lipinski definition) is 5. The molecule has 3 atom stereocenters. The third-order valence-electron chi connectivity index (χ3n) is 10.7. The van der Waals surface area contributed by atoms with E-state index in [1.165, 1.54) is 42.3 Å². The predicted octanol–water partition coefficient (Wildman–Crippen LogP) is 8.68. The molecule has 228 valence electrons. The standard InChI is InChI=1S/C37H45ClN2O3/c1-4-26-10-7-14-32-34(26)33(15-20-39-32)43-24-25(2)21-28-22-27-9-5-6-13-31(27)36(28)16-18-37(19-17-36,35(41)42-3)40-30-12-8-11-29(38)23-30/h5-6,8-9,11-13,15,20,23,25-26,28,40H,4,7,10,14,16-19,21-22,24H2,1-3H3/t25-,26+,28?,36?,37?/m1/s1. The number of aromatic nitrogens is 1. The molecule has 5 nitrogen and oxygen atoms in total. The van der Waals surface area contributed by atoms with Gasteiger partial charge in [0, 0.05) is 28.2 Å². The Morgan fingerprint density at radius 3 is 2.70 bits per heavy atom. The summed E-state index contributed by atoms with van der Waals surface area (Å²) in [4.78, 5) is 18.0. The number of rotatable bonds is 9. The lowest BCUT2D eigenvalue weighted by Gasteiger charge is -2.47. The van der Waals surface area contributed by atoms with E-state index in [2.05, 4.69) is 49.5 Å². The van der Waals surface area contributed by atoms with Crippen molar-refractivity contribution in [2.45, 2.75) is 94.9 Å². The number of ether oxygens (including phenoxy) is 2. The van der Waals surface area contributed by atoms with E-state index in [9.17, 15) is 4.79 Å². The van der Waals surface area contributed by atoms with E-state index in [1.807, 2.05) is 30.5 Å². The van der Waals surface area contributed by atoms with Crippen LogP contribution in [0, 0.1) is 11.8 Å². The molecule has 3 aliphatic carbocycles. The summed E-state index contributed by atoms with van der Waals surface area (Å²) in [5.41, 5.74) is 5.65. The first kappa shape index (κ1) is 30.0. The van der Waals surface area contributed by atoms with Crippen LogP contribution in [0.25, 0.3) is 0 Å². The Morgan fingerprint density at radius 1 is 1.12 bits per heavy atom. The molecule has 2 aromatic carbocycles. The van der Waals surface area contributed by atoms with E-state index in [0.717, 1.165) is 50.0 Å².